The zero-order valence-corrected chi connectivity index (χ0v) is 9.97. The van der Waals surface area contributed by atoms with Crippen molar-refractivity contribution in [2.24, 2.45) is 0 Å². The maximum absolute atomic E-state index is 12.0. The molecule has 1 atom stereocenters. The lowest BCUT2D eigenvalue weighted by atomic mass is 10.0. The van der Waals surface area contributed by atoms with Gasteiger partial charge in [-0.15, -0.1) is 0 Å². The van der Waals surface area contributed by atoms with Crippen LogP contribution < -0.4 is 4.74 Å². The van der Waals surface area contributed by atoms with Gasteiger partial charge in [-0.05, 0) is 29.0 Å². The molecule has 2 aromatic carbocycles. The van der Waals surface area contributed by atoms with Gasteiger partial charge in [-0.2, -0.15) is 0 Å². The molecule has 2 aromatic rings. The third kappa shape index (κ3) is 1.56. The largest absolute Gasteiger partial charge is 0.448 e. The lowest BCUT2D eigenvalue weighted by Gasteiger charge is -2.32. The van der Waals surface area contributed by atoms with Crippen LogP contribution in [0.4, 0.5) is 0 Å². The number of carbonyl (C=O) groups excluding carboxylic acids is 1. The zero-order valence-electron chi connectivity index (χ0n) is 9.97. The van der Waals surface area contributed by atoms with Gasteiger partial charge >= 0.3 is 5.97 Å². The lowest BCUT2D eigenvalue weighted by Crippen LogP contribution is -2.39. The Balaban J connectivity index is 2.22. The van der Waals surface area contributed by atoms with Gasteiger partial charge in [0, 0.05) is 6.92 Å². The monoisotopic (exact) mass is 240 g/mol. The molecule has 0 saturated carbocycles. The van der Waals surface area contributed by atoms with E-state index in [4.69, 9.17) is 9.47 Å². The second-order valence-corrected chi connectivity index (χ2v) is 4.41. The molecule has 0 aliphatic carbocycles. The summed E-state index contributed by atoms with van der Waals surface area (Å²) in [5, 5.41) is 2.01. The Morgan fingerprint density at radius 1 is 1.17 bits per heavy atom. The van der Waals surface area contributed by atoms with Gasteiger partial charge < -0.3 is 9.47 Å². The highest BCUT2D eigenvalue weighted by molar-refractivity contribution is 5.99. The summed E-state index contributed by atoms with van der Waals surface area (Å²) in [5.74, 6) is -0.941. The molecule has 0 amide bonds. The molecule has 3 nitrogen and oxygen atoms in total. The van der Waals surface area contributed by atoms with Crippen molar-refractivity contribution in [1.29, 1.82) is 0 Å². The molecule has 0 fully saturated rings. The average molecular weight is 240 g/mol. The van der Waals surface area contributed by atoms with E-state index in [0.717, 1.165) is 10.8 Å². The third-order valence-electron chi connectivity index (χ3n) is 3.05. The number of ether oxygens (including phenoxy) is 2. The molecule has 3 heteroatoms. The van der Waals surface area contributed by atoms with Gasteiger partial charge in [0.15, 0.2) is 0 Å². The smallest absolute Gasteiger partial charge is 0.345 e. The second-order valence-electron chi connectivity index (χ2n) is 4.41. The first-order valence-electron chi connectivity index (χ1n) is 5.70. The number of hydrogen-bond acceptors (Lipinski definition) is 3. The van der Waals surface area contributed by atoms with Gasteiger partial charge in [0.25, 0.3) is 5.79 Å². The number of fused-ring (bicyclic) bond motifs is 2. The molecule has 3 rings (SSSR count). The zero-order chi connectivity index (χ0) is 12.8. The maximum atomic E-state index is 12.0. The molecular weight excluding hydrogens is 228 g/mol. The van der Waals surface area contributed by atoms with E-state index in [1.54, 1.807) is 13.0 Å². The summed E-state index contributed by atoms with van der Waals surface area (Å²) in [5.41, 5.74) is 0.452. The van der Waals surface area contributed by atoms with Gasteiger partial charge in [-0.25, -0.2) is 4.79 Å². The van der Waals surface area contributed by atoms with E-state index in [2.05, 4.69) is 6.58 Å². The average Bonchev–Trinajstić information content (AvgIpc) is 2.37. The summed E-state index contributed by atoms with van der Waals surface area (Å²) in [6.07, 6.45) is 1.48. The first kappa shape index (κ1) is 10.8. The molecular formula is C15H12O3. The van der Waals surface area contributed by atoms with Crippen molar-refractivity contribution in [2.75, 3.05) is 0 Å². The van der Waals surface area contributed by atoms with E-state index in [9.17, 15) is 4.79 Å². The highest BCUT2D eigenvalue weighted by atomic mass is 16.7. The summed E-state index contributed by atoms with van der Waals surface area (Å²) in [4.78, 5) is 12.0. The van der Waals surface area contributed by atoms with Crippen LogP contribution in [0.15, 0.2) is 49.1 Å². The maximum Gasteiger partial charge on any atom is 0.345 e. The van der Waals surface area contributed by atoms with E-state index < -0.39 is 5.79 Å². The van der Waals surface area contributed by atoms with Crippen LogP contribution >= 0.6 is 0 Å². The van der Waals surface area contributed by atoms with Crippen LogP contribution in [0, 0.1) is 0 Å². The number of rotatable bonds is 1. The fraction of sp³-hybridized carbons (Fsp3) is 0.133. The van der Waals surface area contributed by atoms with Crippen molar-refractivity contribution in [3.8, 4) is 5.75 Å². The van der Waals surface area contributed by atoms with Gasteiger partial charge in [-0.3, -0.25) is 0 Å². The van der Waals surface area contributed by atoms with Gasteiger partial charge in [0.05, 0.1) is 0 Å². The van der Waals surface area contributed by atoms with E-state index in [0.29, 0.717) is 11.3 Å². The van der Waals surface area contributed by atoms with Crippen LogP contribution in [0.25, 0.3) is 10.8 Å². The van der Waals surface area contributed by atoms with Gasteiger partial charge in [0.1, 0.15) is 11.3 Å². The topological polar surface area (TPSA) is 35.5 Å². The Hall–Kier alpha value is -2.29. The van der Waals surface area contributed by atoms with E-state index >= 15 is 0 Å². The Bertz CT molecular complexity index is 660. The van der Waals surface area contributed by atoms with Gasteiger partial charge in [-0.1, -0.05) is 30.8 Å². The molecule has 0 spiro atoms. The van der Waals surface area contributed by atoms with Crippen LogP contribution in [0.5, 0.6) is 5.75 Å². The van der Waals surface area contributed by atoms with Crippen LogP contribution in [0.2, 0.25) is 0 Å². The normalized spacial score (nSPS) is 21.9. The Morgan fingerprint density at radius 3 is 2.50 bits per heavy atom. The fourth-order valence-corrected chi connectivity index (χ4v) is 2.02. The standard InChI is InChI=1S/C15H12O3/c1-3-15(2)17-13-9-11-7-5-4-6-10(11)8-12(13)14(16)18-15/h3-9H,1H2,2H3. The van der Waals surface area contributed by atoms with Crippen molar-refractivity contribution >= 4 is 16.7 Å². The first-order chi connectivity index (χ1) is 8.61. The minimum Gasteiger partial charge on any atom is -0.448 e. The molecule has 1 heterocycles. The third-order valence-corrected chi connectivity index (χ3v) is 3.05. The second kappa shape index (κ2) is 3.60. The van der Waals surface area contributed by atoms with E-state index in [1.165, 1.54) is 6.08 Å². The van der Waals surface area contributed by atoms with Crippen LogP contribution in [-0.4, -0.2) is 11.8 Å². The SMILES string of the molecule is C=CC1(C)OC(=O)c2cc3ccccc3cc2O1. The van der Waals surface area contributed by atoms with Crippen molar-refractivity contribution in [2.45, 2.75) is 12.7 Å². The predicted molar refractivity (Wildman–Crippen MR) is 68.6 cm³/mol. The van der Waals surface area contributed by atoms with Crippen molar-refractivity contribution < 1.29 is 14.3 Å². The van der Waals surface area contributed by atoms with E-state index in [-0.39, 0.29) is 5.97 Å². The molecule has 0 bridgehead atoms. The summed E-state index contributed by atoms with van der Waals surface area (Å²) in [7, 11) is 0. The van der Waals surface area contributed by atoms with Crippen molar-refractivity contribution in [3.63, 3.8) is 0 Å². The van der Waals surface area contributed by atoms with Crippen molar-refractivity contribution in [3.05, 3.63) is 54.6 Å². The minimum absolute atomic E-state index is 0.385. The predicted octanol–water partition coefficient (Wildman–Crippen LogP) is 3.29. The molecule has 0 aromatic heterocycles. The Morgan fingerprint density at radius 2 is 1.83 bits per heavy atom. The number of hydrogen-bond donors (Lipinski definition) is 0. The molecule has 1 aliphatic rings. The van der Waals surface area contributed by atoms with Gasteiger partial charge in [0.2, 0.25) is 0 Å². The molecule has 1 unspecified atom stereocenters. The molecule has 1 aliphatic heterocycles. The van der Waals surface area contributed by atoms with Crippen LogP contribution in [0.1, 0.15) is 17.3 Å². The molecule has 0 radical (unpaired) electrons. The molecule has 90 valence electrons. The number of cyclic esters (lactones) is 1. The van der Waals surface area contributed by atoms with E-state index in [1.807, 2.05) is 30.3 Å². The molecule has 0 saturated heterocycles. The molecule has 0 N–H and O–H groups in total. The summed E-state index contributed by atoms with van der Waals surface area (Å²) in [6, 6.07) is 11.4. The number of benzene rings is 2. The Kier molecular flexibility index (Phi) is 2.17. The minimum atomic E-state index is -1.09. The quantitative estimate of drug-likeness (QED) is 0.566. The van der Waals surface area contributed by atoms with Crippen molar-refractivity contribution in [1.82, 2.24) is 0 Å². The Labute approximate surface area is 105 Å². The van der Waals surface area contributed by atoms with Crippen LogP contribution in [0.3, 0.4) is 0 Å². The number of carbonyl (C=O) groups is 1. The lowest BCUT2D eigenvalue weighted by molar-refractivity contribution is -0.105. The summed E-state index contributed by atoms with van der Waals surface area (Å²) >= 11 is 0. The van der Waals surface area contributed by atoms with Crippen LogP contribution in [-0.2, 0) is 4.74 Å². The molecule has 18 heavy (non-hydrogen) atoms. The first-order valence-corrected chi connectivity index (χ1v) is 5.70. The highest BCUT2D eigenvalue weighted by Crippen LogP contribution is 2.34. The summed E-state index contributed by atoms with van der Waals surface area (Å²) < 4.78 is 10.9. The summed E-state index contributed by atoms with van der Waals surface area (Å²) in [6.45, 7) is 5.29. The highest BCUT2D eigenvalue weighted by Gasteiger charge is 2.35. The fourth-order valence-electron chi connectivity index (χ4n) is 2.02. The number of esters is 1.